The molecule has 1 aliphatic heterocycles. The summed E-state index contributed by atoms with van der Waals surface area (Å²) < 4.78 is 0.961. The molecule has 0 spiro atoms. The van der Waals surface area contributed by atoms with E-state index in [0.717, 1.165) is 21.1 Å². The fourth-order valence-corrected chi connectivity index (χ4v) is 3.84. The number of thiophene rings is 1. The van der Waals surface area contributed by atoms with Gasteiger partial charge in [-0.2, -0.15) is 0 Å². The lowest BCUT2D eigenvalue weighted by Gasteiger charge is -2.24. The highest BCUT2D eigenvalue weighted by atomic mass is 35.5. The second-order valence-electron chi connectivity index (χ2n) is 6.14. The lowest BCUT2D eigenvalue weighted by molar-refractivity contribution is -0.111. The highest BCUT2D eigenvalue weighted by molar-refractivity contribution is 7.07. The van der Waals surface area contributed by atoms with Crippen LogP contribution in [0.1, 0.15) is 5.56 Å². The number of hydrogen-bond donors (Lipinski definition) is 2. The summed E-state index contributed by atoms with van der Waals surface area (Å²) in [5.74, 6) is 0.459. The van der Waals surface area contributed by atoms with Crippen molar-refractivity contribution < 1.29 is 4.79 Å². The average Bonchev–Trinajstić information content (AvgIpc) is 3.18. The summed E-state index contributed by atoms with van der Waals surface area (Å²) >= 11 is 7.67. The topological polar surface area (TPSA) is 70.7 Å². The summed E-state index contributed by atoms with van der Waals surface area (Å²) in [6.45, 7) is 0.478. The van der Waals surface area contributed by atoms with E-state index in [9.17, 15) is 4.79 Å². The number of carbonyl (C=O) groups is 1. The van der Waals surface area contributed by atoms with Crippen LogP contribution in [0.25, 0.3) is 11.9 Å². The Hall–Kier alpha value is -3.09. The fraction of sp³-hybridized carbons (Fsp3) is 0.0476. The van der Waals surface area contributed by atoms with Crippen LogP contribution >= 0.6 is 22.9 Å². The zero-order valence-electron chi connectivity index (χ0n) is 14.8. The van der Waals surface area contributed by atoms with Gasteiger partial charge in [0, 0.05) is 22.5 Å². The minimum atomic E-state index is -0.227. The maximum Gasteiger partial charge on any atom is 0.248 e. The van der Waals surface area contributed by atoms with Crippen LogP contribution in [0.2, 0.25) is 5.02 Å². The highest BCUT2D eigenvalue weighted by Gasteiger charge is 2.14. The molecule has 0 saturated heterocycles. The van der Waals surface area contributed by atoms with Gasteiger partial charge in [-0.05, 0) is 53.4 Å². The summed E-state index contributed by atoms with van der Waals surface area (Å²) in [4.78, 5) is 18.6. The molecular formula is C21H17ClN4OS. The summed E-state index contributed by atoms with van der Waals surface area (Å²) in [6.07, 6.45) is 3.15. The van der Waals surface area contributed by atoms with Gasteiger partial charge >= 0.3 is 0 Å². The van der Waals surface area contributed by atoms with Gasteiger partial charge in [0.2, 0.25) is 5.91 Å². The van der Waals surface area contributed by atoms with E-state index in [4.69, 9.17) is 17.3 Å². The third-order valence-corrected chi connectivity index (χ3v) is 5.52. The Kier molecular flexibility index (Phi) is 5.14. The predicted molar refractivity (Wildman–Crippen MR) is 116 cm³/mol. The third kappa shape index (κ3) is 3.78. The van der Waals surface area contributed by atoms with Gasteiger partial charge in [-0.25, -0.2) is 0 Å². The minimum absolute atomic E-state index is 0.227. The van der Waals surface area contributed by atoms with E-state index in [0.29, 0.717) is 23.2 Å². The molecule has 2 aromatic carbocycles. The number of benzene rings is 2. The Bertz CT molecular complexity index is 1170. The zero-order valence-corrected chi connectivity index (χ0v) is 16.4. The van der Waals surface area contributed by atoms with Crippen LogP contribution in [0.4, 0.5) is 11.4 Å². The van der Waals surface area contributed by atoms with Gasteiger partial charge in [0.15, 0.2) is 0 Å². The standard InChI is InChI=1S/C21H17ClN4OS/c22-18-4-2-1-3-14(18)5-10-19(27)25-15-6-8-16(9-7-15)26-13-24-21-17(20(26)23)11-12-28-21/h1-12H,13,23H2,(H,25,27). The quantitative estimate of drug-likeness (QED) is 0.651. The molecule has 2 heterocycles. The average molecular weight is 409 g/mol. The lowest BCUT2D eigenvalue weighted by atomic mass is 10.2. The Morgan fingerprint density at radius 2 is 1.96 bits per heavy atom. The smallest absolute Gasteiger partial charge is 0.248 e. The molecule has 0 radical (unpaired) electrons. The molecule has 0 unspecified atom stereocenters. The van der Waals surface area contributed by atoms with Crippen LogP contribution in [0.5, 0.6) is 0 Å². The molecule has 28 heavy (non-hydrogen) atoms. The van der Waals surface area contributed by atoms with Gasteiger partial charge in [-0.15, -0.1) is 11.3 Å². The van der Waals surface area contributed by atoms with Crippen molar-refractivity contribution in [2.24, 2.45) is 10.7 Å². The fourth-order valence-electron chi connectivity index (χ4n) is 2.88. The lowest BCUT2D eigenvalue weighted by Crippen LogP contribution is -2.41. The van der Waals surface area contributed by atoms with Crippen molar-refractivity contribution in [3.63, 3.8) is 0 Å². The zero-order chi connectivity index (χ0) is 19.5. The molecule has 3 N–H and O–H groups in total. The van der Waals surface area contributed by atoms with E-state index in [1.54, 1.807) is 23.5 Å². The summed E-state index contributed by atoms with van der Waals surface area (Å²) in [5.41, 5.74) is 8.70. The molecular weight excluding hydrogens is 392 g/mol. The van der Waals surface area contributed by atoms with E-state index in [-0.39, 0.29) is 5.91 Å². The molecule has 1 aliphatic rings. The van der Waals surface area contributed by atoms with Gasteiger partial charge in [0.05, 0.1) is 5.22 Å². The number of nitrogens with zero attached hydrogens (tertiary/aromatic N) is 2. The Morgan fingerprint density at radius 3 is 2.75 bits per heavy atom. The van der Waals surface area contributed by atoms with E-state index in [1.165, 1.54) is 6.08 Å². The van der Waals surface area contributed by atoms with Gasteiger partial charge < -0.3 is 16.0 Å². The van der Waals surface area contributed by atoms with Gasteiger partial charge in [0.1, 0.15) is 17.2 Å². The third-order valence-electron chi connectivity index (χ3n) is 4.33. The second kappa shape index (κ2) is 7.88. The number of amides is 1. The van der Waals surface area contributed by atoms with Gasteiger partial charge in [0.25, 0.3) is 0 Å². The van der Waals surface area contributed by atoms with Crippen molar-refractivity contribution in [1.82, 2.24) is 0 Å². The molecule has 0 saturated carbocycles. The second-order valence-corrected chi connectivity index (χ2v) is 7.44. The molecule has 140 valence electrons. The molecule has 0 aliphatic carbocycles. The van der Waals surface area contributed by atoms with E-state index in [1.807, 2.05) is 58.8 Å². The van der Waals surface area contributed by atoms with E-state index >= 15 is 0 Å². The largest absolute Gasteiger partial charge is 0.384 e. The van der Waals surface area contributed by atoms with Crippen molar-refractivity contribution >= 4 is 52.1 Å². The maximum atomic E-state index is 12.2. The number of hydrogen-bond acceptors (Lipinski definition) is 5. The monoisotopic (exact) mass is 408 g/mol. The normalized spacial score (nSPS) is 13.3. The number of carbonyl (C=O) groups excluding carboxylic acids is 1. The maximum absolute atomic E-state index is 12.2. The number of halogens is 1. The SMILES string of the molecule is NC1=c2ccsc2=NCN1c1ccc(NC(=O)C=Cc2ccccc2Cl)cc1. The van der Waals surface area contributed by atoms with Crippen LogP contribution in [0.15, 0.2) is 71.0 Å². The van der Waals surface area contributed by atoms with Gasteiger partial charge in [-0.1, -0.05) is 29.8 Å². The first-order valence-corrected chi connectivity index (χ1v) is 9.86. The number of fused-ring (bicyclic) bond motifs is 1. The van der Waals surface area contributed by atoms with E-state index in [2.05, 4.69) is 10.3 Å². The predicted octanol–water partition coefficient (Wildman–Crippen LogP) is 3.18. The molecule has 0 fully saturated rings. The van der Waals surface area contributed by atoms with Crippen LogP contribution in [-0.4, -0.2) is 12.6 Å². The van der Waals surface area contributed by atoms with Crippen molar-refractivity contribution in [2.75, 3.05) is 16.9 Å². The molecule has 1 amide bonds. The summed E-state index contributed by atoms with van der Waals surface area (Å²) in [6, 6.07) is 16.8. The molecule has 0 atom stereocenters. The van der Waals surface area contributed by atoms with Crippen LogP contribution in [0, 0.1) is 0 Å². The molecule has 4 rings (SSSR count). The molecule has 7 heteroatoms. The first-order valence-electron chi connectivity index (χ1n) is 8.61. The highest BCUT2D eigenvalue weighted by Crippen LogP contribution is 2.21. The molecule has 0 bridgehead atoms. The number of rotatable bonds is 4. The first-order chi connectivity index (χ1) is 13.6. The van der Waals surface area contributed by atoms with Crippen molar-refractivity contribution in [2.45, 2.75) is 0 Å². The van der Waals surface area contributed by atoms with Crippen LogP contribution in [-0.2, 0) is 4.79 Å². The Morgan fingerprint density at radius 1 is 1.18 bits per heavy atom. The van der Waals surface area contributed by atoms with Crippen molar-refractivity contribution in [3.05, 3.63) is 86.5 Å². The minimum Gasteiger partial charge on any atom is -0.384 e. The van der Waals surface area contributed by atoms with Crippen molar-refractivity contribution in [3.8, 4) is 0 Å². The number of nitrogens with one attached hydrogen (secondary N) is 1. The molecule has 3 aromatic rings. The number of nitrogens with two attached hydrogens (primary N) is 1. The summed E-state index contributed by atoms with van der Waals surface area (Å²) in [5, 5.41) is 6.38. The van der Waals surface area contributed by atoms with Crippen molar-refractivity contribution in [1.29, 1.82) is 0 Å². The van der Waals surface area contributed by atoms with Crippen LogP contribution in [0.3, 0.4) is 0 Å². The summed E-state index contributed by atoms with van der Waals surface area (Å²) in [7, 11) is 0. The Balaban J connectivity index is 1.45. The molecule has 5 nitrogen and oxygen atoms in total. The van der Waals surface area contributed by atoms with Crippen LogP contribution < -0.4 is 25.8 Å². The van der Waals surface area contributed by atoms with E-state index < -0.39 is 0 Å². The first kappa shape index (κ1) is 18.3. The molecule has 1 aromatic heterocycles. The van der Waals surface area contributed by atoms with Gasteiger partial charge in [-0.3, -0.25) is 9.79 Å². The Labute approximate surface area is 171 Å². The number of anilines is 2.